The lowest BCUT2D eigenvalue weighted by Crippen LogP contribution is -2.39. The van der Waals surface area contributed by atoms with E-state index in [1.54, 1.807) is 6.07 Å². The molecule has 1 atom stereocenters. The topological polar surface area (TPSA) is 54.5 Å². The van der Waals surface area contributed by atoms with E-state index in [2.05, 4.69) is 0 Å². The number of carbonyl (C=O) groups is 1. The van der Waals surface area contributed by atoms with Gasteiger partial charge in [-0.15, -0.1) is 0 Å². The summed E-state index contributed by atoms with van der Waals surface area (Å²) >= 11 is 0. The van der Waals surface area contributed by atoms with Crippen LogP contribution in [0.3, 0.4) is 0 Å². The van der Waals surface area contributed by atoms with Crippen LogP contribution in [0.4, 0.5) is 18.9 Å². The molecule has 1 saturated carbocycles. The summed E-state index contributed by atoms with van der Waals surface area (Å²) in [6.45, 7) is 0.415. The Labute approximate surface area is 150 Å². The number of alkyl halides is 3. The van der Waals surface area contributed by atoms with Gasteiger partial charge in [0, 0.05) is 18.2 Å². The lowest BCUT2D eigenvalue weighted by molar-refractivity contribution is -0.138. The van der Waals surface area contributed by atoms with Crippen molar-refractivity contribution in [2.45, 2.75) is 38.3 Å². The van der Waals surface area contributed by atoms with E-state index in [1.807, 2.05) is 0 Å². The van der Waals surface area contributed by atoms with Crippen LogP contribution in [-0.2, 0) is 27.2 Å². The summed E-state index contributed by atoms with van der Waals surface area (Å²) in [5.74, 6) is -0.208. The second-order valence-corrected chi connectivity index (χ2v) is 9.97. The number of hydrogen-bond donors (Lipinski definition) is 0. The SMILES string of the molecule is O=C([C@H]1CC12CCS(=O)(=O)CC2)N1CCCc2c1cccc2C(F)(F)F. The molecule has 2 heterocycles. The summed E-state index contributed by atoms with van der Waals surface area (Å²) in [5.41, 5.74) is -0.370. The number of amides is 1. The molecule has 0 aromatic heterocycles. The molecule has 2 aliphatic heterocycles. The van der Waals surface area contributed by atoms with Gasteiger partial charge in [-0.2, -0.15) is 13.2 Å². The lowest BCUT2D eigenvalue weighted by atomic mass is 9.93. The quantitative estimate of drug-likeness (QED) is 0.744. The minimum absolute atomic E-state index is 0.103. The molecule has 0 bridgehead atoms. The maximum atomic E-state index is 13.3. The molecule has 1 saturated heterocycles. The Balaban J connectivity index is 1.59. The van der Waals surface area contributed by atoms with Gasteiger partial charge in [0.15, 0.2) is 0 Å². The Bertz CT molecular complexity index is 849. The van der Waals surface area contributed by atoms with E-state index in [-0.39, 0.29) is 34.3 Å². The summed E-state index contributed by atoms with van der Waals surface area (Å²) in [4.78, 5) is 14.5. The zero-order chi connectivity index (χ0) is 18.7. The van der Waals surface area contributed by atoms with Crippen LogP contribution in [0.25, 0.3) is 0 Å². The van der Waals surface area contributed by atoms with Crippen LogP contribution in [-0.4, -0.2) is 32.4 Å². The maximum Gasteiger partial charge on any atom is 0.416 e. The number of halogens is 3. The number of hydrogen-bond acceptors (Lipinski definition) is 3. The molecule has 8 heteroatoms. The summed E-state index contributed by atoms with van der Waals surface area (Å²) in [6.07, 6.45) is -2.02. The highest BCUT2D eigenvalue weighted by Gasteiger charge is 2.60. The van der Waals surface area contributed by atoms with Crippen molar-refractivity contribution in [2.24, 2.45) is 11.3 Å². The van der Waals surface area contributed by atoms with Gasteiger partial charge in [-0.05, 0) is 55.2 Å². The van der Waals surface area contributed by atoms with Crippen molar-refractivity contribution in [3.8, 4) is 0 Å². The second kappa shape index (κ2) is 5.71. The Morgan fingerprint density at radius 1 is 1.19 bits per heavy atom. The van der Waals surface area contributed by atoms with E-state index >= 15 is 0 Å². The van der Waals surface area contributed by atoms with E-state index in [4.69, 9.17) is 0 Å². The minimum atomic E-state index is -4.43. The maximum absolute atomic E-state index is 13.3. The molecule has 1 spiro atoms. The van der Waals surface area contributed by atoms with Crippen LogP contribution in [0, 0.1) is 11.3 Å². The third kappa shape index (κ3) is 2.92. The van der Waals surface area contributed by atoms with Gasteiger partial charge in [0.05, 0.1) is 17.1 Å². The smallest absolute Gasteiger partial charge is 0.312 e. The fourth-order valence-electron chi connectivity index (χ4n) is 4.50. The van der Waals surface area contributed by atoms with Gasteiger partial charge in [0.1, 0.15) is 9.84 Å². The highest BCUT2D eigenvalue weighted by molar-refractivity contribution is 7.91. The number of rotatable bonds is 1. The van der Waals surface area contributed by atoms with Gasteiger partial charge < -0.3 is 4.90 Å². The molecule has 1 aromatic rings. The fourth-order valence-corrected chi connectivity index (χ4v) is 6.14. The van der Waals surface area contributed by atoms with Crippen molar-refractivity contribution < 1.29 is 26.4 Å². The molecule has 4 rings (SSSR count). The zero-order valence-corrected chi connectivity index (χ0v) is 15.0. The molecule has 1 aromatic carbocycles. The molecular weight excluding hydrogens is 367 g/mol. The van der Waals surface area contributed by atoms with Gasteiger partial charge in [-0.3, -0.25) is 4.79 Å². The van der Waals surface area contributed by atoms with E-state index < -0.39 is 21.6 Å². The molecule has 1 aliphatic carbocycles. The van der Waals surface area contributed by atoms with Gasteiger partial charge >= 0.3 is 6.18 Å². The molecule has 3 aliphatic rings. The highest BCUT2D eigenvalue weighted by atomic mass is 32.2. The normalized spacial score (nSPS) is 26.4. The summed E-state index contributed by atoms with van der Waals surface area (Å²) < 4.78 is 63.1. The number of carbonyl (C=O) groups excluding carboxylic acids is 1. The average Bonchev–Trinajstić information content (AvgIpc) is 3.30. The lowest BCUT2D eigenvalue weighted by Gasteiger charge is -2.32. The second-order valence-electron chi connectivity index (χ2n) is 7.67. The van der Waals surface area contributed by atoms with Crippen molar-refractivity contribution in [1.29, 1.82) is 0 Å². The molecule has 0 radical (unpaired) electrons. The van der Waals surface area contributed by atoms with Gasteiger partial charge in [0.25, 0.3) is 0 Å². The molecule has 0 unspecified atom stereocenters. The van der Waals surface area contributed by atoms with Crippen molar-refractivity contribution in [2.75, 3.05) is 23.0 Å². The first kappa shape index (κ1) is 17.8. The van der Waals surface area contributed by atoms with E-state index in [9.17, 15) is 26.4 Å². The first-order valence-electron chi connectivity index (χ1n) is 8.84. The van der Waals surface area contributed by atoms with Crippen LogP contribution in [0.15, 0.2) is 18.2 Å². The number of nitrogens with zero attached hydrogens (tertiary/aromatic N) is 1. The van der Waals surface area contributed by atoms with Gasteiger partial charge in [0.2, 0.25) is 5.91 Å². The standard InChI is InChI=1S/C18H20F3NO3S/c19-18(20,21)13-4-1-5-15-12(13)3-2-8-22(15)16(23)14-11-17(14)6-9-26(24,25)10-7-17/h1,4-5,14H,2-3,6-11H2/t14-/m1/s1. The number of sulfone groups is 1. The Kier molecular flexibility index (Phi) is 3.92. The Morgan fingerprint density at radius 3 is 2.54 bits per heavy atom. The van der Waals surface area contributed by atoms with Crippen LogP contribution in [0.5, 0.6) is 0 Å². The number of fused-ring (bicyclic) bond motifs is 1. The van der Waals surface area contributed by atoms with Crippen molar-refractivity contribution in [3.63, 3.8) is 0 Å². The highest BCUT2D eigenvalue weighted by Crippen LogP contribution is 2.60. The van der Waals surface area contributed by atoms with E-state index in [1.165, 1.54) is 11.0 Å². The monoisotopic (exact) mass is 387 g/mol. The first-order valence-corrected chi connectivity index (χ1v) is 10.7. The average molecular weight is 387 g/mol. The van der Waals surface area contributed by atoms with Crippen molar-refractivity contribution in [1.82, 2.24) is 0 Å². The van der Waals surface area contributed by atoms with Gasteiger partial charge in [-0.1, -0.05) is 6.07 Å². The molecule has 1 amide bonds. The zero-order valence-electron chi connectivity index (χ0n) is 14.2. The predicted octanol–water partition coefficient (Wildman–Crippen LogP) is 3.20. The third-order valence-electron chi connectivity index (χ3n) is 6.13. The summed E-state index contributed by atoms with van der Waals surface area (Å²) in [6, 6.07) is 4.00. The number of benzene rings is 1. The molecule has 142 valence electrons. The predicted molar refractivity (Wildman–Crippen MR) is 90.5 cm³/mol. The van der Waals surface area contributed by atoms with Crippen molar-refractivity contribution >= 4 is 21.4 Å². The minimum Gasteiger partial charge on any atom is -0.312 e. The summed E-state index contributed by atoms with van der Waals surface area (Å²) in [5, 5.41) is 0. The van der Waals surface area contributed by atoms with Crippen LogP contribution in [0.1, 0.15) is 36.8 Å². The largest absolute Gasteiger partial charge is 0.416 e. The Hall–Kier alpha value is -1.57. The fraction of sp³-hybridized carbons (Fsp3) is 0.611. The van der Waals surface area contributed by atoms with Gasteiger partial charge in [-0.25, -0.2) is 8.42 Å². The number of anilines is 1. The summed E-state index contributed by atoms with van der Waals surface area (Å²) in [7, 11) is -3.01. The third-order valence-corrected chi connectivity index (χ3v) is 7.78. The molecule has 4 nitrogen and oxygen atoms in total. The van der Waals surface area contributed by atoms with E-state index in [0.29, 0.717) is 44.3 Å². The van der Waals surface area contributed by atoms with Crippen LogP contribution in [0.2, 0.25) is 0 Å². The molecule has 26 heavy (non-hydrogen) atoms. The molecule has 0 N–H and O–H groups in total. The van der Waals surface area contributed by atoms with Crippen molar-refractivity contribution in [3.05, 3.63) is 29.3 Å². The Morgan fingerprint density at radius 2 is 1.88 bits per heavy atom. The first-order chi connectivity index (χ1) is 12.1. The van der Waals surface area contributed by atoms with E-state index in [0.717, 1.165) is 6.07 Å². The van der Waals surface area contributed by atoms with Crippen LogP contribution >= 0.6 is 0 Å². The molecular formula is C18H20F3NO3S. The molecule has 2 fully saturated rings. The van der Waals surface area contributed by atoms with Crippen LogP contribution < -0.4 is 4.90 Å².